The van der Waals surface area contributed by atoms with Gasteiger partial charge in [-0.05, 0) is 69.5 Å². The van der Waals surface area contributed by atoms with Gasteiger partial charge in [-0.3, -0.25) is 4.79 Å². The van der Waals surface area contributed by atoms with Crippen molar-refractivity contribution in [3.05, 3.63) is 29.3 Å². The maximum absolute atomic E-state index is 12.4. The molecule has 1 aliphatic rings. The van der Waals surface area contributed by atoms with E-state index < -0.39 is 0 Å². The van der Waals surface area contributed by atoms with Crippen molar-refractivity contribution in [3.8, 4) is 0 Å². The number of piperidine rings is 1. The van der Waals surface area contributed by atoms with Crippen LogP contribution in [0.1, 0.15) is 30.4 Å². The van der Waals surface area contributed by atoms with Gasteiger partial charge in [0.25, 0.3) is 0 Å². The monoisotopic (exact) mass is 356 g/mol. The number of hydrogen-bond donors (Lipinski definition) is 1. The van der Waals surface area contributed by atoms with Crippen LogP contribution in [-0.2, 0) is 4.79 Å². The van der Waals surface area contributed by atoms with E-state index in [-0.39, 0.29) is 12.4 Å². The first-order valence-corrected chi connectivity index (χ1v) is 9.21. The minimum Gasteiger partial charge on any atom is -0.342 e. The Kier molecular flexibility index (Phi) is 9.03. The lowest BCUT2D eigenvalue weighted by atomic mass is 9.98. The fraction of sp³-hybridized carbons (Fsp3) is 0.611. The molecular weight excluding hydrogens is 328 g/mol. The third kappa shape index (κ3) is 6.36. The molecule has 1 N–H and O–H groups in total. The van der Waals surface area contributed by atoms with Crippen molar-refractivity contribution >= 4 is 30.1 Å². The number of halogens is 1. The number of likely N-dealkylation sites (tertiary alicyclic amines) is 1. The summed E-state index contributed by atoms with van der Waals surface area (Å²) in [4.78, 5) is 15.7. The summed E-state index contributed by atoms with van der Waals surface area (Å²) in [5.41, 5.74) is 2.64. The van der Waals surface area contributed by atoms with Crippen LogP contribution in [0.3, 0.4) is 0 Å². The molecule has 0 bridgehead atoms. The van der Waals surface area contributed by atoms with E-state index in [1.165, 1.54) is 22.4 Å². The minimum absolute atomic E-state index is 0. The molecule has 1 aliphatic heterocycles. The molecule has 0 aromatic heterocycles. The van der Waals surface area contributed by atoms with Gasteiger partial charge in [0.2, 0.25) is 5.91 Å². The first-order valence-electron chi connectivity index (χ1n) is 8.22. The van der Waals surface area contributed by atoms with E-state index in [0.29, 0.717) is 18.2 Å². The first-order chi connectivity index (χ1) is 10.6. The van der Waals surface area contributed by atoms with E-state index in [1.807, 2.05) is 7.05 Å². The van der Waals surface area contributed by atoms with Gasteiger partial charge in [-0.2, -0.15) is 0 Å². The van der Waals surface area contributed by atoms with Crippen molar-refractivity contribution < 1.29 is 4.79 Å². The number of benzene rings is 1. The maximum atomic E-state index is 12.4. The number of amides is 1. The second kappa shape index (κ2) is 10.2. The molecule has 1 saturated heterocycles. The van der Waals surface area contributed by atoms with E-state index in [9.17, 15) is 4.79 Å². The Morgan fingerprint density at radius 3 is 2.83 bits per heavy atom. The molecule has 1 aromatic carbocycles. The topological polar surface area (TPSA) is 32.3 Å². The molecule has 0 radical (unpaired) electrons. The van der Waals surface area contributed by atoms with Crippen LogP contribution in [0.15, 0.2) is 23.1 Å². The van der Waals surface area contributed by atoms with Crippen molar-refractivity contribution in [1.29, 1.82) is 0 Å². The summed E-state index contributed by atoms with van der Waals surface area (Å²) in [5.74, 6) is 1.81. The lowest BCUT2D eigenvalue weighted by molar-refractivity contribution is -0.132. The minimum atomic E-state index is 0. The van der Waals surface area contributed by atoms with Crippen molar-refractivity contribution in [2.24, 2.45) is 5.92 Å². The third-order valence-electron chi connectivity index (χ3n) is 4.43. The molecule has 2 rings (SSSR count). The van der Waals surface area contributed by atoms with Crippen LogP contribution in [0.5, 0.6) is 0 Å². The van der Waals surface area contributed by atoms with Crippen molar-refractivity contribution in [2.75, 3.05) is 32.4 Å². The van der Waals surface area contributed by atoms with E-state index >= 15 is 0 Å². The number of nitrogens with one attached hydrogen (secondary N) is 1. The second-order valence-corrected chi connectivity index (χ2v) is 7.42. The predicted octanol–water partition coefficient (Wildman–Crippen LogP) is 3.67. The van der Waals surface area contributed by atoms with Crippen LogP contribution >= 0.6 is 24.2 Å². The first kappa shape index (κ1) is 20.3. The van der Waals surface area contributed by atoms with Crippen LogP contribution in [0, 0.1) is 19.8 Å². The number of nitrogens with zero attached hydrogens (tertiary/aromatic N) is 1. The van der Waals surface area contributed by atoms with E-state index in [4.69, 9.17) is 0 Å². The van der Waals surface area contributed by atoms with Crippen LogP contribution in [0.4, 0.5) is 0 Å². The van der Waals surface area contributed by atoms with E-state index in [1.54, 1.807) is 11.8 Å². The van der Waals surface area contributed by atoms with Gasteiger partial charge in [-0.15, -0.1) is 24.2 Å². The Morgan fingerprint density at radius 1 is 1.35 bits per heavy atom. The number of carbonyl (C=O) groups is 1. The number of rotatable bonds is 6. The molecule has 0 aliphatic carbocycles. The molecule has 23 heavy (non-hydrogen) atoms. The predicted molar refractivity (Wildman–Crippen MR) is 102 cm³/mol. The third-order valence-corrected chi connectivity index (χ3v) is 5.42. The molecule has 0 spiro atoms. The summed E-state index contributed by atoms with van der Waals surface area (Å²) >= 11 is 1.79. The van der Waals surface area contributed by atoms with Crippen LogP contribution in [0.25, 0.3) is 0 Å². The Bertz CT molecular complexity index is 508. The van der Waals surface area contributed by atoms with Gasteiger partial charge in [0, 0.05) is 30.2 Å². The lowest BCUT2D eigenvalue weighted by Crippen LogP contribution is -2.42. The molecule has 130 valence electrons. The summed E-state index contributed by atoms with van der Waals surface area (Å²) < 4.78 is 0. The van der Waals surface area contributed by atoms with E-state index in [2.05, 4.69) is 42.3 Å². The summed E-state index contributed by atoms with van der Waals surface area (Å²) in [5, 5.41) is 3.23. The molecule has 5 heteroatoms. The van der Waals surface area contributed by atoms with Crippen molar-refractivity contribution in [2.45, 2.75) is 38.0 Å². The van der Waals surface area contributed by atoms with Crippen LogP contribution in [0.2, 0.25) is 0 Å². The van der Waals surface area contributed by atoms with Gasteiger partial charge in [0.1, 0.15) is 0 Å². The summed E-state index contributed by atoms with van der Waals surface area (Å²) in [7, 11) is 1.99. The number of carbonyl (C=O) groups excluding carboxylic acids is 1. The molecule has 1 unspecified atom stereocenters. The highest BCUT2D eigenvalue weighted by molar-refractivity contribution is 7.99. The van der Waals surface area contributed by atoms with Crippen molar-refractivity contribution in [1.82, 2.24) is 10.2 Å². The second-order valence-electron chi connectivity index (χ2n) is 6.25. The smallest absolute Gasteiger partial charge is 0.223 e. The van der Waals surface area contributed by atoms with Crippen LogP contribution < -0.4 is 5.32 Å². The summed E-state index contributed by atoms with van der Waals surface area (Å²) in [6, 6.07) is 6.53. The van der Waals surface area contributed by atoms with E-state index in [0.717, 1.165) is 31.8 Å². The Morgan fingerprint density at radius 2 is 2.13 bits per heavy atom. The van der Waals surface area contributed by atoms with Crippen molar-refractivity contribution in [3.63, 3.8) is 0 Å². The normalized spacial score (nSPS) is 17.7. The fourth-order valence-electron chi connectivity index (χ4n) is 2.96. The zero-order chi connectivity index (χ0) is 15.9. The van der Waals surface area contributed by atoms with Gasteiger partial charge in [0.05, 0.1) is 0 Å². The largest absolute Gasteiger partial charge is 0.342 e. The SMILES string of the molecule is CNCC1CCCN(C(=O)CCSc2ccc(C)c(C)c2)C1.Cl. The number of hydrogen-bond acceptors (Lipinski definition) is 3. The average molecular weight is 357 g/mol. The number of aryl methyl sites for hydroxylation is 2. The Balaban J connectivity index is 0.00000264. The fourth-order valence-corrected chi connectivity index (χ4v) is 3.90. The Labute approximate surface area is 151 Å². The van der Waals surface area contributed by atoms with Gasteiger partial charge in [0.15, 0.2) is 0 Å². The average Bonchev–Trinajstić information content (AvgIpc) is 2.51. The molecule has 1 amide bonds. The zero-order valence-corrected chi connectivity index (χ0v) is 16.1. The van der Waals surface area contributed by atoms with Crippen LogP contribution in [-0.4, -0.2) is 43.2 Å². The molecule has 1 heterocycles. The van der Waals surface area contributed by atoms with Gasteiger partial charge in [-0.25, -0.2) is 0 Å². The van der Waals surface area contributed by atoms with Gasteiger partial charge >= 0.3 is 0 Å². The standard InChI is InChI=1S/C18H28N2OS.ClH/c1-14-6-7-17(11-15(14)2)22-10-8-18(21)20-9-4-5-16(13-20)12-19-3;/h6-7,11,16,19H,4-5,8-10,12-13H2,1-3H3;1H. The molecular formula is C18H29ClN2OS. The highest BCUT2D eigenvalue weighted by Crippen LogP contribution is 2.23. The summed E-state index contributed by atoms with van der Waals surface area (Å²) in [6.07, 6.45) is 3.02. The molecule has 1 atom stereocenters. The zero-order valence-electron chi connectivity index (χ0n) is 14.4. The molecule has 3 nitrogen and oxygen atoms in total. The summed E-state index contributed by atoms with van der Waals surface area (Å²) in [6.45, 7) is 7.15. The Hall–Kier alpha value is -0.710. The highest BCUT2D eigenvalue weighted by atomic mass is 35.5. The molecule has 0 saturated carbocycles. The molecule has 1 aromatic rings. The van der Waals surface area contributed by atoms with Gasteiger partial charge in [-0.1, -0.05) is 6.07 Å². The highest BCUT2D eigenvalue weighted by Gasteiger charge is 2.22. The number of thioether (sulfide) groups is 1. The molecule has 1 fully saturated rings. The lowest BCUT2D eigenvalue weighted by Gasteiger charge is -2.32. The van der Waals surface area contributed by atoms with Gasteiger partial charge < -0.3 is 10.2 Å². The quantitative estimate of drug-likeness (QED) is 0.789. The maximum Gasteiger partial charge on any atom is 0.223 e.